The Bertz CT molecular complexity index is 654. The van der Waals surface area contributed by atoms with E-state index < -0.39 is 0 Å². The van der Waals surface area contributed by atoms with Gasteiger partial charge in [0.05, 0.1) is 5.69 Å². The molecule has 0 unspecified atom stereocenters. The zero-order valence-electron chi connectivity index (χ0n) is 14.3. The second-order valence-corrected chi connectivity index (χ2v) is 6.39. The third-order valence-corrected chi connectivity index (χ3v) is 4.86. The molecule has 1 aliphatic heterocycles. The molecule has 1 saturated heterocycles. The topological polar surface area (TPSA) is 41.1 Å². The lowest BCUT2D eigenvalue weighted by atomic mass is 10.0. The number of piperazine rings is 1. The summed E-state index contributed by atoms with van der Waals surface area (Å²) in [6.45, 7) is 9.62. The Morgan fingerprint density at radius 1 is 1.13 bits per heavy atom. The monoisotopic (exact) mass is 310 g/mol. The number of nitrogens with one attached hydrogen (secondary N) is 1. The average molecular weight is 310 g/mol. The molecule has 23 heavy (non-hydrogen) atoms. The van der Waals surface area contributed by atoms with Crippen LogP contribution in [-0.4, -0.2) is 35.9 Å². The van der Waals surface area contributed by atoms with Gasteiger partial charge in [-0.3, -0.25) is 0 Å². The minimum absolute atomic E-state index is 0.550. The maximum atomic E-state index is 4.58. The lowest BCUT2D eigenvalue weighted by Gasteiger charge is -2.34. The summed E-state index contributed by atoms with van der Waals surface area (Å²) in [6, 6.07) is 11.0. The van der Waals surface area contributed by atoms with Crippen molar-refractivity contribution in [3.8, 4) is 0 Å². The van der Waals surface area contributed by atoms with Crippen LogP contribution < -0.4 is 10.2 Å². The van der Waals surface area contributed by atoms with E-state index in [9.17, 15) is 0 Å². The first kappa shape index (κ1) is 15.9. The molecule has 2 heterocycles. The lowest BCUT2D eigenvalue weighted by molar-refractivity contribution is 0.443. The number of rotatable bonds is 4. The van der Waals surface area contributed by atoms with Gasteiger partial charge in [-0.25, -0.2) is 0 Å². The minimum Gasteiger partial charge on any atom is -0.352 e. The van der Waals surface area contributed by atoms with E-state index >= 15 is 0 Å². The molecule has 1 fully saturated rings. The zero-order chi connectivity index (χ0) is 16.2. The number of aromatic nitrogens is 2. The van der Waals surface area contributed by atoms with E-state index in [1.54, 1.807) is 0 Å². The highest BCUT2D eigenvalue weighted by Gasteiger charge is 2.22. The quantitative estimate of drug-likeness (QED) is 0.943. The molecule has 1 aromatic heterocycles. The molecule has 1 aromatic carbocycles. The van der Waals surface area contributed by atoms with Crippen LogP contribution in [0.3, 0.4) is 0 Å². The van der Waals surface area contributed by atoms with Crippen molar-refractivity contribution >= 4 is 5.82 Å². The minimum atomic E-state index is 0.550. The molecule has 0 spiro atoms. The van der Waals surface area contributed by atoms with E-state index in [2.05, 4.69) is 65.5 Å². The molecule has 1 aliphatic rings. The molecular formula is C19H26N4. The molecule has 0 radical (unpaired) electrons. The first-order valence-corrected chi connectivity index (χ1v) is 8.54. The molecule has 0 amide bonds. The van der Waals surface area contributed by atoms with Crippen LogP contribution in [0.2, 0.25) is 0 Å². The van der Waals surface area contributed by atoms with Gasteiger partial charge in [-0.1, -0.05) is 37.3 Å². The van der Waals surface area contributed by atoms with Crippen molar-refractivity contribution in [3.63, 3.8) is 0 Å². The van der Waals surface area contributed by atoms with Crippen molar-refractivity contribution in [2.24, 2.45) is 0 Å². The van der Waals surface area contributed by atoms with Crippen molar-refractivity contribution in [2.75, 3.05) is 24.5 Å². The summed E-state index contributed by atoms with van der Waals surface area (Å²) in [7, 11) is 0. The molecule has 1 atom stereocenters. The van der Waals surface area contributed by atoms with Crippen LogP contribution in [0, 0.1) is 13.8 Å². The standard InChI is InChI=1S/C19H26N4/c1-4-17-13-23(11-10-20-17)19-15(3)14(2)18(21-22-19)12-16-8-6-5-7-9-16/h5-9,17,20H,4,10-13H2,1-3H3/t17-/m1/s1. The zero-order valence-corrected chi connectivity index (χ0v) is 14.3. The second kappa shape index (κ2) is 7.09. The fraction of sp³-hybridized carbons (Fsp3) is 0.474. The summed E-state index contributed by atoms with van der Waals surface area (Å²) < 4.78 is 0. The van der Waals surface area contributed by atoms with Gasteiger partial charge in [-0.15, -0.1) is 5.10 Å². The van der Waals surface area contributed by atoms with Gasteiger partial charge in [0.25, 0.3) is 0 Å². The van der Waals surface area contributed by atoms with Gasteiger partial charge in [0.2, 0.25) is 0 Å². The summed E-state index contributed by atoms with van der Waals surface area (Å²) in [5, 5.41) is 12.7. The van der Waals surface area contributed by atoms with Crippen LogP contribution in [-0.2, 0) is 6.42 Å². The van der Waals surface area contributed by atoms with Gasteiger partial charge < -0.3 is 10.2 Å². The summed E-state index contributed by atoms with van der Waals surface area (Å²) in [5.41, 5.74) is 4.90. The van der Waals surface area contributed by atoms with Crippen LogP contribution >= 0.6 is 0 Å². The lowest BCUT2D eigenvalue weighted by Crippen LogP contribution is -2.51. The number of nitrogens with zero attached hydrogens (tertiary/aromatic N) is 3. The number of hydrogen-bond donors (Lipinski definition) is 1. The van der Waals surface area contributed by atoms with Crippen LogP contribution in [0.25, 0.3) is 0 Å². The molecule has 0 saturated carbocycles. The van der Waals surface area contributed by atoms with Crippen molar-refractivity contribution in [2.45, 2.75) is 39.7 Å². The normalized spacial score (nSPS) is 18.2. The maximum absolute atomic E-state index is 4.58. The average Bonchev–Trinajstić information content (AvgIpc) is 2.60. The van der Waals surface area contributed by atoms with E-state index in [4.69, 9.17) is 0 Å². The van der Waals surface area contributed by atoms with Gasteiger partial charge in [-0.05, 0) is 37.0 Å². The van der Waals surface area contributed by atoms with E-state index in [-0.39, 0.29) is 0 Å². The molecule has 4 heteroatoms. The molecular weight excluding hydrogens is 284 g/mol. The van der Waals surface area contributed by atoms with Crippen molar-refractivity contribution in [3.05, 3.63) is 52.7 Å². The highest BCUT2D eigenvalue weighted by atomic mass is 15.3. The molecule has 0 aliphatic carbocycles. The first-order chi connectivity index (χ1) is 11.2. The van der Waals surface area contributed by atoms with Gasteiger partial charge in [0, 0.05) is 32.1 Å². The van der Waals surface area contributed by atoms with E-state index in [1.807, 2.05) is 6.07 Å². The van der Waals surface area contributed by atoms with Crippen LogP contribution in [0.15, 0.2) is 30.3 Å². The fourth-order valence-electron chi connectivity index (χ4n) is 3.19. The highest BCUT2D eigenvalue weighted by Crippen LogP contribution is 2.24. The molecule has 4 nitrogen and oxygen atoms in total. The van der Waals surface area contributed by atoms with Crippen molar-refractivity contribution in [1.82, 2.24) is 15.5 Å². The number of benzene rings is 1. The summed E-state index contributed by atoms with van der Waals surface area (Å²) in [6.07, 6.45) is 1.99. The Hall–Kier alpha value is -1.94. The molecule has 2 aromatic rings. The van der Waals surface area contributed by atoms with Gasteiger partial charge in [0.1, 0.15) is 0 Å². The van der Waals surface area contributed by atoms with Crippen molar-refractivity contribution in [1.29, 1.82) is 0 Å². The smallest absolute Gasteiger partial charge is 0.154 e. The van der Waals surface area contributed by atoms with Gasteiger partial charge in [-0.2, -0.15) is 5.10 Å². The summed E-state index contributed by atoms with van der Waals surface area (Å²) >= 11 is 0. The van der Waals surface area contributed by atoms with Crippen molar-refractivity contribution < 1.29 is 0 Å². The van der Waals surface area contributed by atoms with E-state index in [0.29, 0.717) is 6.04 Å². The summed E-state index contributed by atoms with van der Waals surface area (Å²) in [4.78, 5) is 2.38. The Morgan fingerprint density at radius 2 is 1.91 bits per heavy atom. The van der Waals surface area contributed by atoms with Crippen LogP contribution in [0.1, 0.15) is 35.7 Å². The van der Waals surface area contributed by atoms with Gasteiger partial charge in [0.15, 0.2) is 5.82 Å². The van der Waals surface area contributed by atoms with E-state index in [1.165, 1.54) is 16.7 Å². The first-order valence-electron chi connectivity index (χ1n) is 8.54. The maximum Gasteiger partial charge on any atom is 0.154 e. The molecule has 0 bridgehead atoms. The SMILES string of the molecule is CC[C@@H]1CN(c2nnc(Cc3ccccc3)c(C)c2C)CCN1. The Morgan fingerprint density at radius 3 is 2.65 bits per heavy atom. The highest BCUT2D eigenvalue weighted by molar-refractivity contribution is 5.51. The molecule has 122 valence electrons. The second-order valence-electron chi connectivity index (χ2n) is 6.39. The predicted molar refractivity (Wildman–Crippen MR) is 95.0 cm³/mol. The largest absolute Gasteiger partial charge is 0.352 e. The number of hydrogen-bond acceptors (Lipinski definition) is 4. The summed E-state index contributed by atoms with van der Waals surface area (Å²) in [5.74, 6) is 1.05. The van der Waals surface area contributed by atoms with Crippen LogP contribution in [0.5, 0.6) is 0 Å². The Kier molecular flexibility index (Phi) is 4.91. The van der Waals surface area contributed by atoms with Gasteiger partial charge >= 0.3 is 0 Å². The third-order valence-electron chi connectivity index (χ3n) is 4.86. The van der Waals surface area contributed by atoms with E-state index in [0.717, 1.165) is 44.0 Å². The molecule has 1 N–H and O–H groups in total. The molecule has 3 rings (SSSR count). The van der Waals surface area contributed by atoms with Crippen LogP contribution in [0.4, 0.5) is 5.82 Å². The fourth-order valence-corrected chi connectivity index (χ4v) is 3.19. The predicted octanol–water partition coefficient (Wildman–Crippen LogP) is 2.87. The third kappa shape index (κ3) is 3.53. The number of anilines is 1. The Balaban J connectivity index is 1.83. The Labute approximate surface area is 138 Å².